The van der Waals surface area contributed by atoms with E-state index in [1.165, 1.54) is 5.56 Å². The molecular formula is C26H24BrN5O3S. The molecule has 0 saturated heterocycles. The van der Waals surface area contributed by atoms with Crippen LogP contribution in [0.15, 0.2) is 58.9 Å². The summed E-state index contributed by atoms with van der Waals surface area (Å²) in [4.78, 5) is 36.6. The Bertz CT molecular complexity index is 1400. The molecule has 1 aliphatic rings. The fourth-order valence-corrected chi connectivity index (χ4v) is 6.25. The molecule has 1 saturated carbocycles. The van der Waals surface area contributed by atoms with Crippen molar-refractivity contribution in [2.75, 3.05) is 10.6 Å². The Kier molecular flexibility index (Phi) is 7.24. The average molecular weight is 566 g/mol. The van der Waals surface area contributed by atoms with Gasteiger partial charge in [-0.05, 0) is 82.6 Å². The fourth-order valence-electron chi connectivity index (χ4n) is 4.77. The van der Waals surface area contributed by atoms with Crippen LogP contribution < -0.4 is 10.6 Å². The Balaban J connectivity index is 1.29. The number of aromatic nitrogens is 3. The highest BCUT2D eigenvalue weighted by Gasteiger charge is 2.26. The van der Waals surface area contributed by atoms with Gasteiger partial charge in [0.25, 0.3) is 0 Å². The molecule has 3 aromatic heterocycles. The summed E-state index contributed by atoms with van der Waals surface area (Å²) in [5, 5.41) is 16.8. The van der Waals surface area contributed by atoms with Gasteiger partial charge in [-0.2, -0.15) is 0 Å². The maximum absolute atomic E-state index is 12.3. The number of aliphatic carboxylic acids is 1. The van der Waals surface area contributed by atoms with Gasteiger partial charge < -0.3 is 15.7 Å². The molecular weight excluding hydrogens is 542 g/mol. The minimum absolute atomic E-state index is 0.261. The molecule has 3 N–H and O–H groups in total. The fraction of sp³-hybridized carbons (Fsp3) is 0.269. The number of hydrogen-bond donors (Lipinski definition) is 3. The molecule has 36 heavy (non-hydrogen) atoms. The second kappa shape index (κ2) is 10.7. The summed E-state index contributed by atoms with van der Waals surface area (Å²) in [6.07, 6.45) is 8.94. The van der Waals surface area contributed by atoms with Crippen LogP contribution in [-0.2, 0) is 4.79 Å². The van der Waals surface area contributed by atoms with Crippen molar-refractivity contribution >= 4 is 60.9 Å². The molecule has 1 fully saturated rings. The van der Waals surface area contributed by atoms with E-state index in [4.69, 9.17) is 5.11 Å². The lowest BCUT2D eigenvalue weighted by molar-refractivity contribution is -0.138. The van der Waals surface area contributed by atoms with Gasteiger partial charge in [0.2, 0.25) is 0 Å². The van der Waals surface area contributed by atoms with Crippen LogP contribution in [0.25, 0.3) is 21.5 Å². The number of halogens is 1. The third-order valence-electron chi connectivity index (χ3n) is 6.51. The van der Waals surface area contributed by atoms with Crippen LogP contribution in [0.4, 0.5) is 16.2 Å². The predicted molar refractivity (Wildman–Crippen MR) is 144 cm³/mol. The number of carboxylic acid groups (broad SMARTS) is 1. The Labute approximate surface area is 220 Å². The van der Waals surface area contributed by atoms with E-state index >= 15 is 0 Å². The van der Waals surface area contributed by atoms with E-state index in [2.05, 4.69) is 46.9 Å². The molecule has 8 nitrogen and oxygen atoms in total. The topological polar surface area (TPSA) is 117 Å². The number of thiophene rings is 1. The monoisotopic (exact) mass is 565 g/mol. The molecule has 0 aliphatic heterocycles. The van der Waals surface area contributed by atoms with Crippen molar-refractivity contribution in [3.05, 3.63) is 64.5 Å². The Morgan fingerprint density at radius 1 is 1.03 bits per heavy atom. The molecule has 184 valence electrons. The van der Waals surface area contributed by atoms with Gasteiger partial charge in [0.1, 0.15) is 6.33 Å². The summed E-state index contributed by atoms with van der Waals surface area (Å²) in [6, 6.07) is 8.99. The second-order valence-electron chi connectivity index (χ2n) is 8.95. The molecule has 0 unspecified atom stereocenters. The van der Waals surface area contributed by atoms with E-state index in [0.29, 0.717) is 17.3 Å². The lowest BCUT2D eigenvalue weighted by atomic mass is 9.78. The van der Waals surface area contributed by atoms with Crippen LogP contribution in [-0.4, -0.2) is 32.1 Å². The normalized spacial score (nSPS) is 17.6. The van der Waals surface area contributed by atoms with E-state index in [9.17, 15) is 9.59 Å². The first kappa shape index (κ1) is 24.3. The molecule has 5 rings (SSSR count). The standard InChI is InChI=1S/C26H24BrN5O3S/c27-18-10-20(12-28-11-18)32-26(35)31-19-7-5-17(6-8-19)23-25-24(30-14-29-23)21(13-36-25)16-3-1-15(2-4-16)9-22(33)34/h5-8,10-16H,1-4,9H2,(H,33,34)(H2,31,32,35). The molecule has 10 heteroatoms. The van der Waals surface area contributed by atoms with Gasteiger partial charge in [-0.25, -0.2) is 14.8 Å². The highest BCUT2D eigenvalue weighted by Crippen LogP contribution is 2.42. The van der Waals surface area contributed by atoms with Crippen molar-refractivity contribution < 1.29 is 14.7 Å². The number of benzene rings is 1. The van der Waals surface area contributed by atoms with Gasteiger partial charge in [-0.1, -0.05) is 12.1 Å². The molecule has 1 aromatic carbocycles. The number of nitrogens with zero attached hydrogens (tertiary/aromatic N) is 3. The number of urea groups is 1. The van der Waals surface area contributed by atoms with Crippen LogP contribution in [0, 0.1) is 5.92 Å². The number of carboxylic acids is 1. The van der Waals surface area contributed by atoms with Crippen LogP contribution in [0.1, 0.15) is 43.6 Å². The summed E-state index contributed by atoms with van der Waals surface area (Å²) in [5.74, 6) is -0.0354. The smallest absolute Gasteiger partial charge is 0.323 e. The summed E-state index contributed by atoms with van der Waals surface area (Å²) < 4.78 is 1.82. The second-order valence-corrected chi connectivity index (χ2v) is 10.8. The maximum Gasteiger partial charge on any atom is 0.323 e. The Morgan fingerprint density at radius 2 is 1.78 bits per heavy atom. The highest BCUT2D eigenvalue weighted by molar-refractivity contribution is 9.10. The first-order chi connectivity index (χ1) is 17.5. The minimum Gasteiger partial charge on any atom is -0.481 e. The van der Waals surface area contributed by atoms with Crippen LogP contribution in [0.3, 0.4) is 0 Å². The van der Waals surface area contributed by atoms with E-state index in [-0.39, 0.29) is 18.4 Å². The van der Waals surface area contributed by atoms with Gasteiger partial charge >= 0.3 is 12.0 Å². The third kappa shape index (κ3) is 5.55. The van der Waals surface area contributed by atoms with E-state index in [1.807, 2.05) is 24.3 Å². The Morgan fingerprint density at radius 3 is 2.50 bits per heavy atom. The number of rotatable bonds is 6. The summed E-state index contributed by atoms with van der Waals surface area (Å²) >= 11 is 4.99. The number of fused-ring (bicyclic) bond motifs is 1. The Hall–Kier alpha value is -3.37. The van der Waals surface area contributed by atoms with Crippen LogP contribution in [0.5, 0.6) is 0 Å². The van der Waals surface area contributed by atoms with Gasteiger partial charge in [0.15, 0.2) is 0 Å². The van der Waals surface area contributed by atoms with Gasteiger partial charge in [-0.15, -0.1) is 11.3 Å². The van der Waals surface area contributed by atoms with Crippen LogP contribution >= 0.6 is 27.3 Å². The molecule has 1 aliphatic carbocycles. The summed E-state index contributed by atoms with van der Waals surface area (Å²) in [7, 11) is 0. The maximum atomic E-state index is 12.3. The number of carbonyl (C=O) groups excluding carboxylic acids is 1. The van der Waals surface area contributed by atoms with Crippen molar-refractivity contribution in [3.63, 3.8) is 0 Å². The molecule has 4 aromatic rings. The van der Waals surface area contributed by atoms with Crippen LogP contribution in [0.2, 0.25) is 0 Å². The lowest BCUT2D eigenvalue weighted by Crippen LogP contribution is -2.19. The van der Waals surface area contributed by atoms with E-state index < -0.39 is 5.97 Å². The number of pyridine rings is 1. The molecule has 0 bridgehead atoms. The van der Waals surface area contributed by atoms with Crippen molar-refractivity contribution in [1.29, 1.82) is 0 Å². The zero-order valence-corrected chi connectivity index (χ0v) is 21.7. The zero-order valence-electron chi connectivity index (χ0n) is 19.3. The molecule has 0 radical (unpaired) electrons. The third-order valence-corrected chi connectivity index (χ3v) is 7.94. The molecule has 2 amide bonds. The SMILES string of the molecule is O=C(O)CC1CCC(c2csc3c(-c4ccc(NC(=O)Nc5cncc(Br)c5)cc4)ncnc23)CC1. The number of carbonyl (C=O) groups is 2. The largest absolute Gasteiger partial charge is 0.481 e. The number of anilines is 2. The number of amides is 2. The van der Waals surface area contributed by atoms with E-state index in [1.54, 1.807) is 36.1 Å². The van der Waals surface area contributed by atoms with Gasteiger partial charge in [0.05, 0.1) is 27.8 Å². The van der Waals surface area contributed by atoms with E-state index in [0.717, 1.165) is 51.6 Å². The highest BCUT2D eigenvalue weighted by atomic mass is 79.9. The zero-order chi connectivity index (χ0) is 25.1. The van der Waals surface area contributed by atoms with Crippen molar-refractivity contribution in [1.82, 2.24) is 15.0 Å². The van der Waals surface area contributed by atoms with Gasteiger partial charge in [-0.3, -0.25) is 9.78 Å². The number of hydrogen-bond acceptors (Lipinski definition) is 6. The lowest BCUT2D eigenvalue weighted by Gasteiger charge is -2.27. The minimum atomic E-state index is -0.708. The van der Waals surface area contributed by atoms with Gasteiger partial charge in [0, 0.05) is 28.3 Å². The molecule has 0 atom stereocenters. The van der Waals surface area contributed by atoms with Crippen molar-refractivity contribution in [2.45, 2.75) is 38.0 Å². The first-order valence-electron chi connectivity index (χ1n) is 11.7. The van der Waals surface area contributed by atoms with Crippen molar-refractivity contribution in [2.24, 2.45) is 5.92 Å². The quantitative estimate of drug-likeness (QED) is 0.234. The summed E-state index contributed by atoms with van der Waals surface area (Å²) in [6.45, 7) is 0. The van der Waals surface area contributed by atoms with Crippen molar-refractivity contribution in [3.8, 4) is 11.3 Å². The number of nitrogens with one attached hydrogen (secondary N) is 2. The first-order valence-corrected chi connectivity index (χ1v) is 13.4. The molecule has 0 spiro atoms. The predicted octanol–water partition coefficient (Wildman–Crippen LogP) is 6.91. The summed E-state index contributed by atoms with van der Waals surface area (Å²) in [5.41, 5.74) is 5.29. The average Bonchev–Trinajstić information content (AvgIpc) is 3.29. The molecule has 3 heterocycles.